The Bertz CT molecular complexity index is 440. The SMILES string of the molecule is CC(C)C(=O)CCc1ccc(C2(C)N=N2)cc1. The molecule has 0 atom stereocenters. The highest BCUT2D eigenvalue weighted by atomic mass is 16.1. The van der Waals surface area contributed by atoms with Gasteiger partial charge >= 0.3 is 0 Å². The van der Waals surface area contributed by atoms with Crippen LogP contribution in [-0.4, -0.2) is 5.78 Å². The summed E-state index contributed by atoms with van der Waals surface area (Å²) in [6, 6.07) is 8.24. The minimum Gasteiger partial charge on any atom is -0.299 e. The number of nitrogens with zero attached hydrogens (tertiary/aromatic N) is 2. The molecule has 0 saturated heterocycles. The summed E-state index contributed by atoms with van der Waals surface area (Å²) in [5.41, 5.74) is 2.02. The lowest BCUT2D eigenvalue weighted by molar-refractivity contribution is -0.121. The summed E-state index contributed by atoms with van der Waals surface area (Å²) in [7, 11) is 0. The second kappa shape index (κ2) is 4.40. The Morgan fingerprint density at radius 3 is 2.29 bits per heavy atom. The van der Waals surface area contributed by atoms with Gasteiger partial charge in [-0.25, -0.2) is 0 Å². The fourth-order valence-corrected chi connectivity index (χ4v) is 1.73. The van der Waals surface area contributed by atoms with Crippen molar-refractivity contribution >= 4 is 5.78 Å². The molecule has 0 aromatic heterocycles. The van der Waals surface area contributed by atoms with Gasteiger partial charge in [-0.3, -0.25) is 4.79 Å². The second-order valence-electron chi connectivity index (χ2n) is 5.04. The van der Waals surface area contributed by atoms with E-state index in [4.69, 9.17) is 0 Å². The summed E-state index contributed by atoms with van der Waals surface area (Å²) in [6.45, 7) is 5.88. The molecule has 0 bridgehead atoms. The zero-order valence-corrected chi connectivity index (χ0v) is 10.6. The van der Waals surface area contributed by atoms with E-state index in [2.05, 4.69) is 34.5 Å². The fourth-order valence-electron chi connectivity index (χ4n) is 1.73. The number of carbonyl (C=O) groups is 1. The number of hydrogen-bond acceptors (Lipinski definition) is 3. The molecule has 1 heterocycles. The van der Waals surface area contributed by atoms with Crippen LogP contribution in [0.3, 0.4) is 0 Å². The molecule has 2 rings (SSSR count). The van der Waals surface area contributed by atoms with Crippen molar-refractivity contribution in [1.29, 1.82) is 0 Å². The molecular formula is C14H18N2O. The van der Waals surface area contributed by atoms with Crippen LogP contribution in [0.25, 0.3) is 0 Å². The van der Waals surface area contributed by atoms with Crippen molar-refractivity contribution in [2.24, 2.45) is 16.1 Å². The third kappa shape index (κ3) is 2.78. The van der Waals surface area contributed by atoms with E-state index >= 15 is 0 Å². The average molecular weight is 230 g/mol. The molecule has 0 N–H and O–H groups in total. The smallest absolute Gasteiger partial charge is 0.213 e. The zero-order chi connectivity index (χ0) is 12.5. The van der Waals surface area contributed by atoms with Gasteiger partial charge in [0.05, 0.1) is 0 Å². The lowest BCUT2D eigenvalue weighted by Gasteiger charge is -2.07. The van der Waals surface area contributed by atoms with E-state index in [9.17, 15) is 4.79 Å². The van der Waals surface area contributed by atoms with E-state index in [0.717, 1.165) is 12.0 Å². The molecule has 3 heteroatoms. The maximum atomic E-state index is 11.5. The van der Waals surface area contributed by atoms with Gasteiger partial charge in [-0.05, 0) is 18.9 Å². The molecule has 0 spiro atoms. The summed E-state index contributed by atoms with van der Waals surface area (Å²) >= 11 is 0. The fraction of sp³-hybridized carbons (Fsp3) is 0.500. The Morgan fingerprint density at radius 1 is 1.24 bits per heavy atom. The molecule has 0 fully saturated rings. The summed E-state index contributed by atoms with van der Waals surface area (Å²) < 4.78 is 0. The molecule has 0 aliphatic carbocycles. The maximum Gasteiger partial charge on any atom is 0.213 e. The number of aryl methyl sites for hydroxylation is 1. The van der Waals surface area contributed by atoms with Crippen LogP contribution in [0.2, 0.25) is 0 Å². The average Bonchev–Trinajstić information content (AvgIpc) is 3.06. The summed E-state index contributed by atoms with van der Waals surface area (Å²) in [5, 5.41) is 8.01. The van der Waals surface area contributed by atoms with Crippen LogP contribution in [0.4, 0.5) is 0 Å². The molecule has 0 unspecified atom stereocenters. The van der Waals surface area contributed by atoms with Crippen LogP contribution < -0.4 is 0 Å². The normalized spacial score (nSPS) is 16.2. The van der Waals surface area contributed by atoms with Crippen molar-refractivity contribution in [1.82, 2.24) is 0 Å². The molecule has 1 aliphatic rings. The monoisotopic (exact) mass is 230 g/mol. The number of benzene rings is 1. The highest BCUT2D eigenvalue weighted by Gasteiger charge is 2.35. The second-order valence-corrected chi connectivity index (χ2v) is 5.04. The van der Waals surface area contributed by atoms with Crippen molar-refractivity contribution in [2.75, 3.05) is 0 Å². The molecule has 0 amide bonds. The molecular weight excluding hydrogens is 212 g/mol. The predicted octanol–water partition coefficient (Wildman–Crippen LogP) is 3.48. The van der Waals surface area contributed by atoms with E-state index in [0.29, 0.717) is 12.2 Å². The Morgan fingerprint density at radius 2 is 1.82 bits per heavy atom. The van der Waals surface area contributed by atoms with Crippen LogP contribution in [0.5, 0.6) is 0 Å². The van der Waals surface area contributed by atoms with Crippen LogP contribution in [0.15, 0.2) is 34.5 Å². The third-order valence-electron chi connectivity index (χ3n) is 3.20. The van der Waals surface area contributed by atoms with Crippen molar-refractivity contribution in [3.05, 3.63) is 35.4 Å². The molecule has 90 valence electrons. The van der Waals surface area contributed by atoms with E-state index in [1.165, 1.54) is 5.56 Å². The van der Waals surface area contributed by atoms with Gasteiger partial charge in [-0.2, -0.15) is 10.2 Å². The van der Waals surface area contributed by atoms with E-state index in [1.54, 1.807) is 0 Å². The molecule has 0 saturated carbocycles. The van der Waals surface area contributed by atoms with Gasteiger partial charge in [0.2, 0.25) is 5.66 Å². The van der Waals surface area contributed by atoms with Gasteiger partial charge in [0.1, 0.15) is 5.78 Å². The van der Waals surface area contributed by atoms with Gasteiger partial charge < -0.3 is 0 Å². The largest absolute Gasteiger partial charge is 0.299 e. The molecule has 3 nitrogen and oxygen atoms in total. The molecule has 1 aromatic carbocycles. The third-order valence-corrected chi connectivity index (χ3v) is 3.20. The summed E-state index contributed by atoms with van der Waals surface area (Å²) in [6.07, 6.45) is 1.45. The first-order chi connectivity index (χ1) is 8.01. The van der Waals surface area contributed by atoms with Crippen molar-refractivity contribution in [3.63, 3.8) is 0 Å². The number of Topliss-reactive ketones (excluding diaryl/α,β-unsaturated/α-hetero) is 1. The number of rotatable bonds is 5. The van der Waals surface area contributed by atoms with E-state index in [1.807, 2.05) is 20.8 Å². The highest BCUT2D eigenvalue weighted by Crippen LogP contribution is 2.38. The first-order valence-corrected chi connectivity index (χ1v) is 6.07. The Labute approximate surface area is 102 Å². The lowest BCUT2D eigenvalue weighted by atomic mass is 9.98. The van der Waals surface area contributed by atoms with Gasteiger partial charge in [-0.1, -0.05) is 38.1 Å². The Hall–Kier alpha value is -1.51. The number of carbonyl (C=O) groups excluding carboxylic acids is 1. The molecule has 0 radical (unpaired) electrons. The Balaban J connectivity index is 1.92. The maximum absolute atomic E-state index is 11.5. The van der Waals surface area contributed by atoms with Gasteiger partial charge in [0.25, 0.3) is 0 Å². The summed E-state index contributed by atoms with van der Waals surface area (Å²) in [5.74, 6) is 0.463. The Kier molecular flexibility index (Phi) is 3.09. The predicted molar refractivity (Wildman–Crippen MR) is 66.8 cm³/mol. The van der Waals surface area contributed by atoms with Crippen molar-refractivity contribution in [2.45, 2.75) is 39.3 Å². The van der Waals surface area contributed by atoms with Crippen LogP contribution >= 0.6 is 0 Å². The first-order valence-electron chi connectivity index (χ1n) is 6.07. The molecule has 1 aromatic rings. The van der Waals surface area contributed by atoms with E-state index in [-0.39, 0.29) is 11.6 Å². The van der Waals surface area contributed by atoms with Crippen molar-refractivity contribution in [3.8, 4) is 0 Å². The van der Waals surface area contributed by atoms with Crippen LogP contribution in [-0.2, 0) is 16.9 Å². The first kappa shape index (κ1) is 12.0. The van der Waals surface area contributed by atoms with Gasteiger partial charge in [0, 0.05) is 17.9 Å². The quantitative estimate of drug-likeness (QED) is 0.763. The molecule has 17 heavy (non-hydrogen) atoms. The van der Waals surface area contributed by atoms with Gasteiger partial charge in [0.15, 0.2) is 0 Å². The standard InChI is InChI=1S/C14H18N2O/c1-10(2)13(17)9-6-11-4-7-12(8-5-11)14(3)15-16-14/h4-5,7-8,10H,6,9H2,1-3H3. The number of hydrogen-bond donors (Lipinski definition) is 0. The zero-order valence-electron chi connectivity index (χ0n) is 10.6. The number of ketones is 1. The lowest BCUT2D eigenvalue weighted by Crippen LogP contribution is -2.08. The van der Waals surface area contributed by atoms with Crippen LogP contribution in [0, 0.1) is 5.92 Å². The van der Waals surface area contributed by atoms with Crippen molar-refractivity contribution < 1.29 is 4.79 Å². The highest BCUT2D eigenvalue weighted by molar-refractivity contribution is 5.80. The topological polar surface area (TPSA) is 41.8 Å². The minimum atomic E-state index is -0.299. The van der Waals surface area contributed by atoms with E-state index < -0.39 is 0 Å². The van der Waals surface area contributed by atoms with Gasteiger partial charge in [-0.15, -0.1) is 0 Å². The minimum absolute atomic E-state index is 0.136. The van der Waals surface area contributed by atoms with Crippen LogP contribution in [0.1, 0.15) is 38.3 Å². The molecule has 1 aliphatic heterocycles. The summed E-state index contributed by atoms with van der Waals surface area (Å²) in [4.78, 5) is 11.5.